The largest absolute Gasteiger partial charge is 0.420 e. The Morgan fingerprint density at radius 3 is 2.21 bits per heavy atom. The third-order valence-corrected chi connectivity index (χ3v) is 3.25. The van der Waals surface area contributed by atoms with Crippen LogP contribution < -0.4 is 0 Å². The summed E-state index contributed by atoms with van der Waals surface area (Å²) < 4.78 is 61.6. The summed E-state index contributed by atoms with van der Waals surface area (Å²) in [5.41, 5.74) is -1.28. The number of nitrogens with zero attached hydrogens (tertiary/aromatic N) is 2. The van der Waals surface area contributed by atoms with Crippen LogP contribution in [-0.4, -0.2) is 23.9 Å². The molecule has 1 aromatic heterocycles. The van der Waals surface area contributed by atoms with Gasteiger partial charge in [0.2, 0.25) is 0 Å². The lowest BCUT2D eigenvalue weighted by Crippen LogP contribution is -2.10. The van der Waals surface area contributed by atoms with E-state index in [0.29, 0.717) is 10.3 Å². The number of halogens is 3. The van der Waals surface area contributed by atoms with Crippen LogP contribution in [0.5, 0.6) is 0 Å². The average Bonchev–Trinajstić information content (AvgIpc) is 2.74. The molecule has 0 aliphatic carbocycles. The fourth-order valence-corrected chi connectivity index (χ4v) is 2.07. The van der Waals surface area contributed by atoms with Crippen LogP contribution in [0.4, 0.5) is 13.2 Å². The minimum absolute atomic E-state index is 0.206. The number of hydrogen-bond acceptors (Lipinski definition) is 3. The molecule has 0 aliphatic rings. The van der Waals surface area contributed by atoms with Crippen LogP contribution in [0.25, 0.3) is 11.3 Å². The van der Waals surface area contributed by atoms with Gasteiger partial charge in [-0.3, -0.25) is 0 Å². The molecular formula is C11H9F3N2O2S. The molecular weight excluding hydrogens is 281 g/mol. The highest BCUT2D eigenvalue weighted by Gasteiger charge is 2.37. The molecule has 0 saturated carbocycles. The minimum Gasteiger partial charge on any atom is -0.205 e. The third-order valence-electron chi connectivity index (χ3n) is 2.39. The van der Waals surface area contributed by atoms with Crippen molar-refractivity contribution in [1.29, 1.82) is 0 Å². The number of benzene rings is 1. The van der Waals surface area contributed by atoms with Crippen LogP contribution in [0.1, 0.15) is 5.56 Å². The van der Waals surface area contributed by atoms with E-state index in [1.165, 1.54) is 12.1 Å². The monoisotopic (exact) mass is 290 g/mol. The molecule has 8 heteroatoms. The van der Waals surface area contributed by atoms with E-state index in [0.717, 1.165) is 6.26 Å². The second-order valence-corrected chi connectivity index (χ2v) is 5.73. The van der Waals surface area contributed by atoms with Crippen LogP contribution in [0.2, 0.25) is 0 Å². The van der Waals surface area contributed by atoms with E-state index in [4.69, 9.17) is 0 Å². The Morgan fingerprint density at radius 1 is 1.16 bits per heavy atom. The number of rotatable bonds is 2. The molecule has 0 spiro atoms. The lowest BCUT2D eigenvalue weighted by molar-refractivity contribution is -0.137. The zero-order valence-electron chi connectivity index (χ0n) is 9.72. The second kappa shape index (κ2) is 4.37. The number of hydrogen-bond donors (Lipinski definition) is 0. The Kier molecular flexibility index (Phi) is 3.13. The van der Waals surface area contributed by atoms with Gasteiger partial charge in [0.15, 0.2) is 0 Å². The van der Waals surface area contributed by atoms with Crippen molar-refractivity contribution in [3.8, 4) is 11.3 Å². The molecule has 102 valence electrons. The van der Waals surface area contributed by atoms with Gasteiger partial charge < -0.3 is 0 Å². The highest BCUT2D eigenvalue weighted by atomic mass is 32.2. The normalized spacial score (nSPS) is 12.6. The van der Waals surface area contributed by atoms with Crippen LogP contribution in [0, 0.1) is 0 Å². The van der Waals surface area contributed by atoms with Crippen molar-refractivity contribution < 1.29 is 21.6 Å². The van der Waals surface area contributed by atoms with Gasteiger partial charge in [0.05, 0.1) is 12.5 Å². The first-order valence-corrected chi connectivity index (χ1v) is 6.97. The highest BCUT2D eigenvalue weighted by molar-refractivity contribution is 7.89. The van der Waals surface area contributed by atoms with Crippen LogP contribution >= 0.6 is 0 Å². The Hall–Kier alpha value is -1.83. The van der Waals surface area contributed by atoms with Gasteiger partial charge in [-0.15, -0.1) is 0 Å². The van der Waals surface area contributed by atoms with Crippen molar-refractivity contribution in [2.75, 3.05) is 6.26 Å². The molecule has 0 unspecified atom stereocenters. The zero-order valence-corrected chi connectivity index (χ0v) is 10.5. The molecule has 0 fully saturated rings. The van der Waals surface area contributed by atoms with E-state index in [2.05, 4.69) is 5.10 Å². The summed E-state index contributed by atoms with van der Waals surface area (Å²) in [6.07, 6.45) is -3.40. The number of aromatic nitrogens is 2. The maximum atomic E-state index is 12.9. The maximum Gasteiger partial charge on any atom is 0.420 e. The predicted molar refractivity (Wildman–Crippen MR) is 62.9 cm³/mol. The van der Waals surface area contributed by atoms with Gasteiger partial charge in [-0.05, 0) is 0 Å². The van der Waals surface area contributed by atoms with E-state index < -0.39 is 27.5 Å². The summed E-state index contributed by atoms with van der Waals surface area (Å²) in [4.78, 5) is 0. The quantitative estimate of drug-likeness (QED) is 0.853. The molecule has 1 heterocycles. The molecule has 2 rings (SSSR count). The third kappa shape index (κ3) is 2.78. The summed E-state index contributed by atoms with van der Waals surface area (Å²) in [6.45, 7) is 0. The van der Waals surface area contributed by atoms with Crippen LogP contribution in [-0.2, 0) is 16.2 Å². The van der Waals surface area contributed by atoms with Crippen molar-refractivity contribution in [1.82, 2.24) is 9.19 Å². The topological polar surface area (TPSA) is 52.0 Å². The molecule has 0 bridgehead atoms. The first-order chi connectivity index (χ1) is 8.69. The van der Waals surface area contributed by atoms with E-state index >= 15 is 0 Å². The minimum atomic E-state index is -4.67. The molecule has 4 nitrogen and oxygen atoms in total. The molecule has 0 amide bonds. The molecule has 19 heavy (non-hydrogen) atoms. The molecule has 2 aromatic rings. The van der Waals surface area contributed by atoms with Gasteiger partial charge in [-0.1, -0.05) is 30.3 Å². The Bertz CT molecular complexity index is 690. The van der Waals surface area contributed by atoms with Crippen molar-refractivity contribution in [3.63, 3.8) is 0 Å². The fourth-order valence-electron chi connectivity index (χ4n) is 1.54. The van der Waals surface area contributed by atoms with Gasteiger partial charge in [0, 0.05) is 5.56 Å². The van der Waals surface area contributed by atoms with Crippen LogP contribution in [0.15, 0.2) is 36.5 Å². The Morgan fingerprint density at radius 2 is 1.74 bits per heavy atom. The smallest absolute Gasteiger partial charge is 0.205 e. The van der Waals surface area contributed by atoms with E-state index in [1.807, 2.05) is 0 Å². The van der Waals surface area contributed by atoms with Gasteiger partial charge in [-0.25, -0.2) is 8.42 Å². The SMILES string of the molecule is CS(=O)(=O)n1cc(C(F)(F)F)c(-c2ccccc2)n1. The standard InChI is InChI=1S/C11H9F3N2O2S/c1-19(17,18)16-7-9(11(12,13)14)10(15-16)8-5-3-2-4-6-8/h2-7H,1H3. The van der Waals surface area contributed by atoms with Crippen LogP contribution in [0.3, 0.4) is 0 Å². The zero-order chi connectivity index (χ0) is 14.3. The summed E-state index contributed by atoms with van der Waals surface area (Å²) in [5.74, 6) is 0. The van der Waals surface area contributed by atoms with E-state index in [9.17, 15) is 21.6 Å². The second-order valence-electron chi connectivity index (χ2n) is 3.89. The lowest BCUT2D eigenvalue weighted by Gasteiger charge is -2.05. The number of alkyl halides is 3. The van der Waals surface area contributed by atoms with Crippen molar-refractivity contribution >= 4 is 10.0 Å². The van der Waals surface area contributed by atoms with Crippen molar-refractivity contribution in [3.05, 3.63) is 42.1 Å². The lowest BCUT2D eigenvalue weighted by atomic mass is 10.1. The average molecular weight is 290 g/mol. The van der Waals surface area contributed by atoms with Gasteiger partial charge in [0.25, 0.3) is 10.0 Å². The first kappa shape index (κ1) is 13.6. The predicted octanol–water partition coefficient (Wildman–Crippen LogP) is 2.38. The molecule has 0 saturated heterocycles. The first-order valence-electron chi connectivity index (χ1n) is 5.12. The van der Waals surface area contributed by atoms with Gasteiger partial charge in [0.1, 0.15) is 11.3 Å². The molecule has 0 atom stereocenters. The maximum absolute atomic E-state index is 12.9. The molecule has 0 N–H and O–H groups in total. The van der Waals surface area contributed by atoms with E-state index in [-0.39, 0.29) is 5.56 Å². The summed E-state index contributed by atoms with van der Waals surface area (Å²) in [6, 6.07) is 7.61. The Balaban J connectivity index is 2.70. The summed E-state index contributed by atoms with van der Waals surface area (Å²) >= 11 is 0. The van der Waals surface area contributed by atoms with E-state index in [1.54, 1.807) is 18.2 Å². The fraction of sp³-hybridized carbons (Fsp3) is 0.182. The van der Waals surface area contributed by atoms with Crippen molar-refractivity contribution in [2.24, 2.45) is 0 Å². The van der Waals surface area contributed by atoms with Gasteiger partial charge in [-0.2, -0.15) is 22.4 Å². The molecule has 0 radical (unpaired) electrons. The van der Waals surface area contributed by atoms with Gasteiger partial charge >= 0.3 is 6.18 Å². The molecule has 1 aromatic carbocycles. The highest BCUT2D eigenvalue weighted by Crippen LogP contribution is 2.36. The summed E-state index contributed by atoms with van der Waals surface area (Å²) in [7, 11) is -3.87. The Labute approximate surface area is 107 Å². The van der Waals surface area contributed by atoms with Crippen molar-refractivity contribution in [2.45, 2.75) is 6.18 Å². The molecule has 0 aliphatic heterocycles. The summed E-state index contributed by atoms with van der Waals surface area (Å²) in [5, 5.41) is 3.53.